The summed E-state index contributed by atoms with van der Waals surface area (Å²) in [6, 6.07) is 8.19. The minimum absolute atomic E-state index is 0.0344. The second-order valence-corrected chi connectivity index (χ2v) is 7.73. The van der Waals surface area contributed by atoms with Crippen LogP contribution in [0.15, 0.2) is 53.5 Å². The van der Waals surface area contributed by atoms with Crippen molar-refractivity contribution in [3.05, 3.63) is 64.8 Å². The molecule has 10 nitrogen and oxygen atoms in total. The number of aromatic amines is 2. The number of amides is 1. The van der Waals surface area contributed by atoms with E-state index < -0.39 is 17.9 Å². The van der Waals surface area contributed by atoms with Crippen LogP contribution in [-0.4, -0.2) is 48.2 Å². The third kappa shape index (κ3) is 4.89. The minimum Gasteiger partial charge on any atom is -0.480 e. The lowest BCUT2D eigenvalue weighted by molar-refractivity contribution is -0.141. The molecule has 0 bridgehead atoms. The molecule has 4 aromatic rings. The molecule has 5 N–H and O–H groups in total. The van der Waals surface area contributed by atoms with Gasteiger partial charge in [0.25, 0.3) is 0 Å². The standard InChI is InChI=1S/C20H18BrN7O3/c21-12-2-1-3-13(7-12)26-19-17-11(9-22-18(17)23-10-24-19)6-16(29)27-15(20(30)31)8-14-4-5-25-28-14/h1-5,7,9-10,15H,6,8H2,(H,25,28)(H,27,29)(H,30,31)(H2,22,23,24,26). The Hall–Kier alpha value is -3.73. The molecule has 0 radical (unpaired) electrons. The third-order valence-electron chi connectivity index (χ3n) is 4.61. The fourth-order valence-electron chi connectivity index (χ4n) is 3.20. The molecule has 158 valence electrons. The van der Waals surface area contributed by atoms with E-state index in [0.717, 1.165) is 10.2 Å². The smallest absolute Gasteiger partial charge is 0.326 e. The minimum atomic E-state index is -1.12. The number of aliphatic carboxylic acids is 1. The molecular formula is C20H18BrN7O3. The van der Waals surface area contributed by atoms with E-state index in [1.807, 2.05) is 24.3 Å². The monoisotopic (exact) mass is 483 g/mol. The molecule has 3 aromatic heterocycles. The first-order valence-corrected chi connectivity index (χ1v) is 10.1. The van der Waals surface area contributed by atoms with Crippen molar-refractivity contribution in [3.8, 4) is 0 Å². The van der Waals surface area contributed by atoms with Crippen LogP contribution in [0.4, 0.5) is 11.5 Å². The number of fused-ring (bicyclic) bond motifs is 1. The molecule has 31 heavy (non-hydrogen) atoms. The van der Waals surface area contributed by atoms with E-state index >= 15 is 0 Å². The van der Waals surface area contributed by atoms with Crippen molar-refractivity contribution in [2.24, 2.45) is 0 Å². The topological polar surface area (TPSA) is 149 Å². The summed E-state index contributed by atoms with van der Waals surface area (Å²) in [5.41, 5.74) is 2.66. The second-order valence-electron chi connectivity index (χ2n) is 6.82. The number of anilines is 2. The third-order valence-corrected chi connectivity index (χ3v) is 5.10. The number of carbonyl (C=O) groups is 2. The van der Waals surface area contributed by atoms with Crippen LogP contribution < -0.4 is 10.6 Å². The van der Waals surface area contributed by atoms with Crippen molar-refractivity contribution in [1.29, 1.82) is 0 Å². The van der Waals surface area contributed by atoms with Crippen molar-refractivity contribution in [2.75, 3.05) is 5.32 Å². The molecule has 1 atom stereocenters. The summed E-state index contributed by atoms with van der Waals surface area (Å²) >= 11 is 3.43. The Morgan fingerprint density at radius 2 is 2.10 bits per heavy atom. The zero-order chi connectivity index (χ0) is 21.8. The Morgan fingerprint density at radius 3 is 2.84 bits per heavy atom. The summed E-state index contributed by atoms with van der Waals surface area (Å²) in [6.07, 6.45) is 4.70. The Kier molecular flexibility index (Phi) is 5.94. The lowest BCUT2D eigenvalue weighted by atomic mass is 10.1. The number of carbonyl (C=O) groups excluding carboxylic acids is 1. The molecule has 0 spiro atoms. The van der Waals surface area contributed by atoms with Gasteiger partial charge in [-0.05, 0) is 29.8 Å². The molecule has 0 fully saturated rings. The second kappa shape index (κ2) is 8.96. The Balaban J connectivity index is 1.54. The maximum Gasteiger partial charge on any atom is 0.326 e. The Morgan fingerprint density at radius 1 is 1.23 bits per heavy atom. The highest BCUT2D eigenvalue weighted by atomic mass is 79.9. The highest BCUT2D eigenvalue weighted by Crippen LogP contribution is 2.27. The molecule has 1 unspecified atom stereocenters. The number of H-pyrrole nitrogens is 2. The van der Waals surface area contributed by atoms with Crippen LogP contribution in [0.5, 0.6) is 0 Å². The van der Waals surface area contributed by atoms with Crippen LogP contribution in [0.3, 0.4) is 0 Å². The van der Waals surface area contributed by atoms with Gasteiger partial charge in [0.2, 0.25) is 5.91 Å². The summed E-state index contributed by atoms with van der Waals surface area (Å²) in [5, 5.41) is 22.4. The number of aromatic nitrogens is 5. The van der Waals surface area contributed by atoms with Gasteiger partial charge in [-0.1, -0.05) is 22.0 Å². The Bertz CT molecular complexity index is 1220. The van der Waals surface area contributed by atoms with Crippen molar-refractivity contribution in [3.63, 3.8) is 0 Å². The largest absolute Gasteiger partial charge is 0.480 e. The highest BCUT2D eigenvalue weighted by molar-refractivity contribution is 9.10. The quantitative estimate of drug-likeness (QED) is 0.258. The molecule has 4 rings (SSSR count). The van der Waals surface area contributed by atoms with Crippen molar-refractivity contribution in [1.82, 2.24) is 30.5 Å². The van der Waals surface area contributed by atoms with E-state index in [2.05, 4.69) is 51.7 Å². The van der Waals surface area contributed by atoms with Crippen LogP contribution in [0.1, 0.15) is 11.3 Å². The maximum absolute atomic E-state index is 12.6. The molecule has 0 aliphatic carbocycles. The zero-order valence-corrected chi connectivity index (χ0v) is 17.7. The SMILES string of the molecule is O=C(Cc1c[nH]c2ncnc(Nc3cccc(Br)c3)c12)NC(Cc1ccn[nH]1)C(=O)O. The van der Waals surface area contributed by atoms with Crippen LogP contribution >= 0.6 is 15.9 Å². The van der Waals surface area contributed by atoms with E-state index in [1.165, 1.54) is 12.5 Å². The maximum atomic E-state index is 12.6. The summed E-state index contributed by atoms with van der Waals surface area (Å²) in [5.74, 6) is -1.01. The first kappa shape index (κ1) is 20.5. The van der Waals surface area contributed by atoms with Crippen molar-refractivity contribution in [2.45, 2.75) is 18.9 Å². The lowest BCUT2D eigenvalue weighted by Crippen LogP contribution is -2.43. The fraction of sp³-hybridized carbons (Fsp3) is 0.150. The van der Waals surface area contributed by atoms with Gasteiger partial charge in [0.05, 0.1) is 11.8 Å². The van der Waals surface area contributed by atoms with Gasteiger partial charge in [0.15, 0.2) is 0 Å². The average Bonchev–Trinajstić information content (AvgIpc) is 3.38. The molecule has 0 saturated heterocycles. The van der Waals surface area contributed by atoms with Gasteiger partial charge in [-0.3, -0.25) is 9.89 Å². The van der Waals surface area contributed by atoms with Gasteiger partial charge >= 0.3 is 5.97 Å². The summed E-state index contributed by atoms with van der Waals surface area (Å²) in [4.78, 5) is 35.8. The molecule has 3 heterocycles. The molecule has 1 aromatic carbocycles. The molecule has 0 aliphatic rings. The first-order valence-electron chi connectivity index (χ1n) is 9.33. The Labute approximate surface area is 184 Å². The predicted molar refractivity (Wildman–Crippen MR) is 117 cm³/mol. The summed E-state index contributed by atoms with van der Waals surface area (Å²) < 4.78 is 0.911. The summed E-state index contributed by atoms with van der Waals surface area (Å²) in [7, 11) is 0. The van der Waals surface area contributed by atoms with E-state index in [9.17, 15) is 14.7 Å². The predicted octanol–water partition coefficient (Wildman–Crippen LogP) is 2.54. The number of nitrogens with one attached hydrogen (secondary N) is 4. The van der Waals surface area contributed by atoms with E-state index in [4.69, 9.17) is 0 Å². The van der Waals surface area contributed by atoms with Gasteiger partial charge in [-0.2, -0.15) is 5.10 Å². The number of hydrogen-bond acceptors (Lipinski definition) is 6. The van der Waals surface area contributed by atoms with E-state index in [0.29, 0.717) is 28.1 Å². The van der Waals surface area contributed by atoms with E-state index in [1.54, 1.807) is 12.3 Å². The number of halogens is 1. The number of benzene rings is 1. The number of hydrogen-bond donors (Lipinski definition) is 5. The van der Waals surface area contributed by atoms with Gasteiger partial charge in [-0.25, -0.2) is 14.8 Å². The fourth-order valence-corrected chi connectivity index (χ4v) is 3.60. The molecule has 0 saturated carbocycles. The number of carboxylic acids is 1. The van der Waals surface area contributed by atoms with Gasteiger partial charge < -0.3 is 20.7 Å². The lowest BCUT2D eigenvalue weighted by Gasteiger charge is -2.14. The van der Waals surface area contributed by atoms with E-state index in [-0.39, 0.29) is 12.8 Å². The summed E-state index contributed by atoms with van der Waals surface area (Å²) in [6.45, 7) is 0. The first-order chi connectivity index (χ1) is 15.0. The van der Waals surface area contributed by atoms with Gasteiger partial charge in [0.1, 0.15) is 23.8 Å². The molecule has 0 aliphatic heterocycles. The van der Waals surface area contributed by atoms with Crippen molar-refractivity contribution >= 4 is 50.3 Å². The van der Waals surface area contributed by atoms with Crippen LogP contribution in [0, 0.1) is 0 Å². The normalized spacial score (nSPS) is 11.9. The highest BCUT2D eigenvalue weighted by Gasteiger charge is 2.22. The molecular weight excluding hydrogens is 466 g/mol. The average molecular weight is 484 g/mol. The van der Waals surface area contributed by atoms with Crippen LogP contribution in [-0.2, 0) is 22.4 Å². The number of nitrogens with zero attached hydrogens (tertiary/aromatic N) is 3. The molecule has 11 heteroatoms. The number of carboxylic acid groups (broad SMARTS) is 1. The molecule has 1 amide bonds. The number of rotatable bonds is 8. The zero-order valence-electron chi connectivity index (χ0n) is 16.1. The van der Waals surface area contributed by atoms with Crippen LogP contribution in [0.2, 0.25) is 0 Å². The van der Waals surface area contributed by atoms with Crippen molar-refractivity contribution < 1.29 is 14.7 Å². The van der Waals surface area contributed by atoms with Gasteiger partial charge in [-0.15, -0.1) is 0 Å². The van der Waals surface area contributed by atoms with Crippen LogP contribution in [0.25, 0.3) is 11.0 Å². The van der Waals surface area contributed by atoms with Gasteiger partial charge in [0, 0.05) is 34.7 Å².